The van der Waals surface area contributed by atoms with Crippen LogP contribution in [-0.2, 0) is 16.1 Å². The molecule has 1 aliphatic heterocycles. The summed E-state index contributed by atoms with van der Waals surface area (Å²) in [7, 11) is 0. The number of nitro groups is 1. The third kappa shape index (κ3) is 4.84. The first-order chi connectivity index (χ1) is 15.0. The standard InChI is InChI=1S/C24H18N2O5/c1-16-5-2-7-18(11-16)15-30-21-10-3-6-17(12-21)13-22-24(27)31-23(25-22)19-8-4-9-20(14-19)26(28)29/h2-14H,15H2,1H3. The number of esters is 1. The Kier molecular flexibility index (Phi) is 5.57. The highest BCUT2D eigenvalue weighted by Crippen LogP contribution is 2.23. The van der Waals surface area contributed by atoms with Crippen LogP contribution in [-0.4, -0.2) is 16.8 Å². The van der Waals surface area contributed by atoms with Crippen molar-refractivity contribution in [2.24, 2.45) is 4.99 Å². The highest BCUT2D eigenvalue weighted by atomic mass is 16.6. The number of benzene rings is 3. The zero-order valence-corrected chi connectivity index (χ0v) is 16.6. The molecule has 0 radical (unpaired) electrons. The van der Waals surface area contributed by atoms with Crippen LogP contribution in [0.4, 0.5) is 5.69 Å². The molecule has 0 amide bonds. The van der Waals surface area contributed by atoms with Gasteiger partial charge in [-0.15, -0.1) is 0 Å². The Morgan fingerprint density at radius 1 is 1.06 bits per heavy atom. The average Bonchev–Trinajstić information content (AvgIpc) is 3.13. The fourth-order valence-electron chi connectivity index (χ4n) is 3.11. The average molecular weight is 414 g/mol. The van der Waals surface area contributed by atoms with E-state index in [0.717, 1.165) is 16.7 Å². The molecule has 7 heteroatoms. The van der Waals surface area contributed by atoms with E-state index in [0.29, 0.717) is 17.9 Å². The predicted octanol–water partition coefficient (Wildman–Crippen LogP) is 4.83. The van der Waals surface area contributed by atoms with Gasteiger partial charge in [-0.25, -0.2) is 9.79 Å². The smallest absolute Gasteiger partial charge is 0.363 e. The van der Waals surface area contributed by atoms with Gasteiger partial charge in [0.05, 0.1) is 4.92 Å². The first-order valence-corrected chi connectivity index (χ1v) is 9.54. The second-order valence-corrected chi connectivity index (χ2v) is 6.99. The van der Waals surface area contributed by atoms with E-state index >= 15 is 0 Å². The van der Waals surface area contributed by atoms with Gasteiger partial charge in [-0.1, -0.05) is 48.0 Å². The number of carbonyl (C=O) groups is 1. The van der Waals surface area contributed by atoms with E-state index in [2.05, 4.69) is 11.1 Å². The Labute approximate surface area is 178 Å². The molecule has 0 aliphatic carbocycles. The number of ether oxygens (including phenoxy) is 2. The van der Waals surface area contributed by atoms with Crippen LogP contribution < -0.4 is 4.74 Å². The van der Waals surface area contributed by atoms with Crippen molar-refractivity contribution >= 4 is 23.6 Å². The van der Waals surface area contributed by atoms with Gasteiger partial charge in [-0.05, 0) is 42.3 Å². The highest BCUT2D eigenvalue weighted by molar-refractivity contribution is 6.13. The van der Waals surface area contributed by atoms with Crippen LogP contribution in [0.15, 0.2) is 83.5 Å². The lowest BCUT2D eigenvalue weighted by atomic mass is 10.1. The number of non-ortho nitro benzene ring substituents is 1. The molecule has 0 atom stereocenters. The fourth-order valence-corrected chi connectivity index (χ4v) is 3.11. The lowest BCUT2D eigenvalue weighted by Gasteiger charge is -2.07. The summed E-state index contributed by atoms with van der Waals surface area (Å²) in [5.41, 5.74) is 3.31. The normalized spacial score (nSPS) is 14.3. The Hall–Kier alpha value is -4.26. The monoisotopic (exact) mass is 414 g/mol. The van der Waals surface area contributed by atoms with E-state index in [4.69, 9.17) is 9.47 Å². The molecular formula is C24H18N2O5. The molecule has 1 heterocycles. The number of hydrogen-bond acceptors (Lipinski definition) is 6. The predicted molar refractivity (Wildman–Crippen MR) is 116 cm³/mol. The Morgan fingerprint density at radius 2 is 1.87 bits per heavy atom. The van der Waals surface area contributed by atoms with Gasteiger partial charge in [0.1, 0.15) is 12.4 Å². The van der Waals surface area contributed by atoms with Gasteiger partial charge in [0, 0.05) is 17.7 Å². The minimum atomic E-state index is -0.618. The van der Waals surface area contributed by atoms with Gasteiger partial charge in [0.25, 0.3) is 5.69 Å². The highest BCUT2D eigenvalue weighted by Gasteiger charge is 2.25. The van der Waals surface area contributed by atoms with Gasteiger partial charge in [0.2, 0.25) is 5.90 Å². The maximum Gasteiger partial charge on any atom is 0.363 e. The molecule has 154 valence electrons. The van der Waals surface area contributed by atoms with Gasteiger partial charge >= 0.3 is 5.97 Å². The molecule has 0 unspecified atom stereocenters. The molecule has 3 aromatic carbocycles. The van der Waals surface area contributed by atoms with Crippen molar-refractivity contribution in [1.29, 1.82) is 0 Å². The quantitative estimate of drug-likeness (QED) is 0.249. The second kappa shape index (κ2) is 8.62. The second-order valence-electron chi connectivity index (χ2n) is 6.99. The summed E-state index contributed by atoms with van der Waals surface area (Å²) in [6.07, 6.45) is 1.59. The van der Waals surface area contributed by atoms with Crippen molar-refractivity contribution < 1.29 is 19.2 Å². The molecule has 31 heavy (non-hydrogen) atoms. The lowest BCUT2D eigenvalue weighted by molar-refractivity contribution is -0.384. The first kappa shape index (κ1) is 20.0. The number of carbonyl (C=O) groups excluding carboxylic acids is 1. The van der Waals surface area contributed by atoms with E-state index in [1.807, 2.05) is 43.3 Å². The Morgan fingerprint density at radius 3 is 2.68 bits per heavy atom. The SMILES string of the molecule is Cc1cccc(COc2cccc(C=C3N=C(c4cccc([N+](=O)[O-])c4)OC3=O)c2)c1. The summed E-state index contributed by atoms with van der Waals surface area (Å²) < 4.78 is 11.1. The minimum Gasteiger partial charge on any atom is -0.489 e. The van der Waals surface area contributed by atoms with E-state index in [1.54, 1.807) is 18.2 Å². The largest absolute Gasteiger partial charge is 0.489 e. The van der Waals surface area contributed by atoms with Gasteiger partial charge in [-0.3, -0.25) is 10.1 Å². The van der Waals surface area contributed by atoms with Crippen molar-refractivity contribution in [1.82, 2.24) is 0 Å². The van der Waals surface area contributed by atoms with Crippen LogP contribution in [0.3, 0.4) is 0 Å². The molecule has 4 rings (SSSR count). The zero-order valence-electron chi connectivity index (χ0n) is 16.6. The van der Waals surface area contributed by atoms with Gasteiger partial charge < -0.3 is 9.47 Å². The fraction of sp³-hybridized carbons (Fsp3) is 0.0833. The summed E-state index contributed by atoms with van der Waals surface area (Å²) in [5.74, 6) is 0.0736. The van der Waals surface area contributed by atoms with Crippen molar-refractivity contribution in [2.75, 3.05) is 0 Å². The molecule has 0 saturated carbocycles. The van der Waals surface area contributed by atoms with E-state index in [1.165, 1.54) is 18.2 Å². The number of aryl methyl sites for hydroxylation is 1. The maximum absolute atomic E-state index is 12.2. The Balaban J connectivity index is 1.53. The summed E-state index contributed by atoms with van der Waals surface area (Å²) in [6, 6.07) is 21.1. The number of hydrogen-bond donors (Lipinski definition) is 0. The van der Waals surface area contributed by atoms with Crippen LogP contribution in [0, 0.1) is 17.0 Å². The number of nitro benzene ring substituents is 1. The van der Waals surface area contributed by atoms with Crippen LogP contribution >= 0.6 is 0 Å². The third-order valence-electron chi connectivity index (χ3n) is 4.57. The molecule has 1 aliphatic rings. The molecule has 0 bridgehead atoms. The van der Waals surface area contributed by atoms with Crippen molar-refractivity contribution in [3.05, 3.63) is 111 Å². The van der Waals surface area contributed by atoms with Crippen LogP contribution in [0.5, 0.6) is 5.75 Å². The first-order valence-electron chi connectivity index (χ1n) is 9.54. The number of rotatable bonds is 6. The van der Waals surface area contributed by atoms with Crippen molar-refractivity contribution in [3.63, 3.8) is 0 Å². The topological polar surface area (TPSA) is 91.0 Å². The molecule has 7 nitrogen and oxygen atoms in total. The molecule has 0 aromatic heterocycles. The maximum atomic E-state index is 12.2. The summed E-state index contributed by atoms with van der Waals surface area (Å²) >= 11 is 0. The van der Waals surface area contributed by atoms with Crippen molar-refractivity contribution in [3.8, 4) is 5.75 Å². The molecule has 3 aromatic rings. The van der Waals surface area contributed by atoms with Crippen LogP contribution in [0.2, 0.25) is 0 Å². The minimum absolute atomic E-state index is 0.0341. The van der Waals surface area contributed by atoms with Gasteiger partial charge in [0.15, 0.2) is 5.70 Å². The van der Waals surface area contributed by atoms with Crippen LogP contribution in [0.25, 0.3) is 6.08 Å². The summed E-state index contributed by atoms with van der Waals surface area (Å²) in [4.78, 5) is 26.9. The van der Waals surface area contributed by atoms with Crippen LogP contribution in [0.1, 0.15) is 22.3 Å². The molecule has 0 fully saturated rings. The van der Waals surface area contributed by atoms with E-state index < -0.39 is 10.9 Å². The number of aliphatic imine (C=N–C) groups is 1. The molecule has 0 spiro atoms. The molecule has 0 saturated heterocycles. The van der Waals surface area contributed by atoms with E-state index in [9.17, 15) is 14.9 Å². The van der Waals surface area contributed by atoms with E-state index in [-0.39, 0.29) is 17.3 Å². The molecular weight excluding hydrogens is 396 g/mol. The number of nitrogens with zero attached hydrogens (tertiary/aromatic N) is 2. The third-order valence-corrected chi connectivity index (χ3v) is 4.57. The number of cyclic esters (lactones) is 1. The summed E-state index contributed by atoms with van der Waals surface area (Å²) in [5, 5.41) is 11.0. The van der Waals surface area contributed by atoms with Gasteiger partial charge in [-0.2, -0.15) is 0 Å². The zero-order chi connectivity index (χ0) is 21.8. The lowest BCUT2D eigenvalue weighted by Crippen LogP contribution is -2.05. The van der Waals surface area contributed by atoms with Crippen molar-refractivity contribution in [2.45, 2.75) is 13.5 Å². The Bertz CT molecular complexity index is 1230. The molecule has 0 N–H and O–H groups in total. The summed E-state index contributed by atoms with van der Waals surface area (Å²) in [6.45, 7) is 2.46.